The molecule has 0 saturated heterocycles. The van der Waals surface area contributed by atoms with Gasteiger partial charge in [-0.25, -0.2) is 9.97 Å². The summed E-state index contributed by atoms with van der Waals surface area (Å²) in [4.78, 5) is 25.0. The molecule has 2 aromatic heterocycles. The molecule has 160 valence electrons. The molecular formula is C23H25N5O3. The first-order valence-corrected chi connectivity index (χ1v) is 10.1. The molecule has 0 aliphatic carbocycles. The number of para-hydroxylation sites is 2. The topological polar surface area (TPSA) is 94.1 Å². The molecule has 4 aromatic rings. The minimum absolute atomic E-state index is 0.216. The van der Waals surface area contributed by atoms with Crippen LogP contribution in [0.15, 0.2) is 67.3 Å². The van der Waals surface area contributed by atoms with E-state index in [2.05, 4.69) is 20.3 Å². The summed E-state index contributed by atoms with van der Waals surface area (Å²) >= 11 is 0. The van der Waals surface area contributed by atoms with Crippen molar-refractivity contribution in [1.82, 2.24) is 24.8 Å². The molecule has 8 heteroatoms. The quantitative estimate of drug-likeness (QED) is 0.433. The normalized spacial score (nSPS) is 13.0. The maximum Gasteiger partial charge on any atom is 0.261 e. The Balaban J connectivity index is 1.47. The van der Waals surface area contributed by atoms with E-state index in [1.165, 1.54) is 0 Å². The van der Waals surface area contributed by atoms with Crippen molar-refractivity contribution in [3.05, 3.63) is 73.1 Å². The molecule has 0 spiro atoms. The number of fused-ring (bicyclic) bond motifs is 1. The number of carbonyl (C=O) groups excluding carboxylic acids is 1. The number of rotatable bonds is 9. The van der Waals surface area contributed by atoms with Crippen LogP contribution < -0.4 is 14.8 Å². The van der Waals surface area contributed by atoms with Crippen LogP contribution in [0.3, 0.4) is 0 Å². The summed E-state index contributed by atoms with van der Waals surface area (Å²) in [5, 5.41) is 3.08. The highest BCUT2D eigenvalue weighted by atomic mass is 16.5. The Kier molecular flexibility index (Phi) is 6.16. The van der Waals surface area contributed by atoms with Gasteiger partial charge in [-0.05, 0) is 49.7 Å². The first-order valence-electron chi connectivity index (χ1n) is 10.1. The van der Waals surface area contributed by atoms with Crippen LogP contribution in [0, 0.1) is 0 Å². The number of aromatic nitrogens is 4. The fraction of sp³-hybridized carbons (Fsp3) is 0.261. The zero-order valence-electron chi connectivity index (χ0n) is 17.5. The maximum atomic E-state index is 12.9. The molecule has 2 aromatic carbocycles. The highest BCUT2D eigenvalue weighted by Gasteiger charge is 2.23. The van der Waals surface area contributed by atoms with Gasteiger partial charge in [0.2, 0.25) is 0 Å². The molecule has 4 rings (SSSR count). The number of H-pyrrole nitrogens is 1. The van der Waals surface area contributed by atoms with Crippen LogP contribution in [0.1, 0.15) is 25.2 Å². The lowest BCUT2D eigenvalue weighted by molar-refractivity contribution is -0.128. The summed E-state index contributed by atoms with van der Waals surface area (Å²) in [6.07, 6.45) is 5.37. The predicted molar refractivity (Wildman–Crippen MR) is 117 cm³/mol. The van der Waals surface area contributed by atoms with E-state index in [-0.39, 0.29) is 11.9 Å². The van der Waals surface area contributed by atoms with Gasteiger partial charge in [0.05, 0.1) is 30.5 Å². The van der Waals surface area contributed by atoms with Crippen molar-refractivity contribution in [2.24, 2.45) is 0 Å². The second-order valence-corrected chi connectivity index (χ2v) is 7.23. The summed E-state index contributed by atoms with van der Waals surface area (Å²) in [6, 6.07) is 14.6. The van der Waals surface area contributed by atoms with Crippen molar-refractivity contribution in [2.75, 3.05) is 7.11 Å². The van der Waals surface area contributed by atoms with Gasteiger partial charge >= 0.3 is 0 Å². The zero-order chi connectivity index (χ0) is 21.6. The SMILES string of the molecule is COc1ccc(O[C@H](C)C(=O)N[C@@H](CCn2ccnc2)c2nc3ccccc3[nH]2)cc1. The second kappa shape index (κ2) is 9.34. The van der Waals surface area contributed by atoms with E-state index in [1.54, 1.807) is 50.8 Å². The van der Waals surface area contributed by atoms with Crippen LogP contribution in [0.25, 0.3) is 11.0 Å². The molecular weight excluding hydrogens is 394 g/mol. The Morgan fingerprint density at radius 2 is 1.94 bits per heavy atom. The van der Waals surface area contributed by atoms with Crippen molar-refractivity contribution < 1.29 is 14.3 Å². The third kappa shape index (κ3) is 5.03. The van der Waals surface area contributed by atoms with E-state index in [1.807, 2.05) is 35.0 Å². The maximum absolute atomic E-state index is 12.9. The summed E-state index contributed by atoms with van der Waals surface area (Å²) < 4.78 is 12.9. The molecule has 0 fully saturated rings. The fourth-order valence-electron chi connectivity index (χ4n) is 3.31. The van der Waals surface area contributed by atoms with E-state index in [4.69, 9.17) is 9.47 Å². The first kappa shape index (κ1) is 20.5. The highest BCUT2D eigenvalue weighted by molar-refractivity contribution is 5.81. The molecule has 8 nitrogen and oxygen atoms in total. The van der Waals surface area contributed by atoms with Crippen molar-refractivity contribution in [3.63, 3.8) is 0 Å². The van der Waals surface area contributed by atoms with Crippen LogP contribution in [0.4, 0.5) is 0 Å². The summed E-state index contributed by atoms with van der Waals surface area (Å²) in [6.45, 7) is 2.42. The van der Waals surface area contributed by atoms with Crippen molar-refractivity contribution in [3.8, 4) is 11.5 Å². The Morgan fingerprint density at radius 1 is 1.16 bits per heavy atom. The van der Waals surface area contributed by atoms with Crippen LogP contribution in [-0.2, 0) is 11.3 Å². The Morgan fingerprint density at radius 3 is 2.65 bits per heavy atom. The molecule has 0 saturated carbocycles. The number of hydrogen-bond donors (Lipinski definition) is 2. The van der Waals surface area contributed by atoms with E-state index in [9.17, 15) is 4.79 Å². The summed E-state index contributed by atoms with van der Waals surface area (Å²) in [5.41, 5.74) is 1.80. The number of nitrogens with zero attached hydrogens (tertiary/aromatic N) is 3. The lowest BCUT2D eigenvalue weighted by Gasteiger charge is -2.20. The van der Waals surface area contributed by atoms with Crippen molar-refractivity contribution in [2.45, 2.75) is 32.0 Å². The standard InChI is InChI=1S/C23H25N5O3/c1-16(31-18-9-7-17(30-2)8-10-18)23(29)27-21(11-13-28-14-12-24-15-28)22-25-19-5-3-4-6-20(19)26-22/h3-10,12,14-16,21H,11,13H2,1-2H3,(H,25,26)(H,27,29)/t16-,21+/m1/s1. The molecule has 2 N–H and O–H groups in total. The number of methoxy groups -OCH3 is 1. The van der Waals surface area contributed by atoms with Gasteiger partial charge in [0.15, 0.2) is 6.10 Å². The second-order valence-electron chi connectivity index (χ2n) is 7.23. The number of amides is 1. The van der Waals surface area contributed by atoms with Gasteiger partial charge in [0.1, 0.15) is 17.3 Å². The molecule has 2 heterocycles. The average molecular weight is 419 g/mol. The van der Waals surface area contributed by atoms with E-state index < -0.39 is 6.10 Å². The van der Waals surface area contributed by atoms with Gasteiger partial charge in [-0.1, -0.05) is 12.1 Å². The van der Waals surface area contributed by atoms with E-state index in [0.717, 1.165) is 16.8 Å². The van der Waals surface area contributed by atoms with Crippen LogP contribution >= 0.6 is 0 Å². The monoisotopic (exact) mass is 419 g/mol. The lowest BCUT2D eigenvalue weighted by atomic mass is 10.1. The van der Waals surface area contributed by atoms with Crippen LogP contribution in [0.2, 0.25) is 0 Å². The molecule has 0 radical (unpaired) electrons. The number of benzene rings is 2. The predicted octanol–water partition coefficient (Wildman–Crippen LogP) is 3.48. The number of hydrogen-bond acceptors (Lipinski definition) is 5. The average Bonchev–Trinajstić information content (AvgIpc) is 3.46. The Hall–Kier alpha value is -3.81. The van der Waals surface area contributed by atoms with Gasteiger partial charge in [-0.15, -0.1) is 0 Å². The molecule has 1 amide bonds. The Labute approximate surface area is 180 Å². The van der Waals surface area contributed by atoms with Crippen LogP contribution in [-0.4, -0.2) is 38.6 Å². The van der Waals surface area contributed by atoms with Crippen molar-refractivity contribution in [1.29, 1.82) is 0 Å². The van der Waals surface area contributed by atoms with Gasteiger partial charge in [0.25, 0.3) is 5.91 Å². The molecule has 0 unspecified atom stereocenters. The third-order valence-electron chi connectivity index (χ3n) is 5.03. The number of ether oxygens (including phenoxy) is 2. The van der Waals surface area contributed by atoms with Gasteiger partial charge in [-0.2, -0.15) is 0 Å². The summed E-state index contributed by atoms with van der Waals surface area (Å²) in [5.74, 6) is 1.83. The van der Waals surface area contributed by atoms with Gasteiger partial charge < -0.3 is 24.3 Å². The minimum Gasteiger partial charge on any atom is -0.497 e. The molecule has 2 atom stereocenters. The number of aryl methyl sites for hydroxylation is 1. The number of imidazole rings is 2. The number of nitrogens with one attached hydrogen (secondary N) is 2. The van der Waals surface area contributed by atoms with Crippen molar-refractivity contribution >= 4 is 16.9 Å². The third-order valence-corrected chi connectivity index (χ3v) is 5.03. The number of carbonyl (C=O) groups is 1. The smallest absolute Gasteiger partial charge is 0.261 e. The lowest BCUT2D eigenvalue weighted by Crippen LogP contribution is -2.39. The molecule has 31 heavy (non-hydrogen) atoms. The first-order chi connectivity index (χ1) is 15.1. The van der Waals surface area contributed by atoms with Crippen LogP contribution in [0.5, 0.6) is 11.5 Å². The van der Waals surface area contributed by atoms with Gasteiger partial charge in [0, 0.05) is 18.9 Å². The molecule has 0 aliphatic rings. The molecule has 0 aliphatic heterocycles. The van der Waals surface area contributed by atoms with E-state index >= 15 is 0 Å². The Bertz CT molecular complexity index is 1090. The summed E-state index contributed by atoms with van der Waals surface area (Å²) in [7, 11) is 1.61. The molecule has 0 bridgehead atoms. The largest absolute Gasteiger partial charge is 0.497 e. The number of aromatic amines is 1. The fourth-order valence-corrected chi connectivity index (χ4v) is 3.31. The minimum atomic E-state index is -0.673. The van der Waals surface area contributed by atoms with Gasteiger partial charge in [-0.3, -0.25) is 4.79 Å². The van der Waals surface area contributed by atoms with E-state index in [0.29, 0.717) is 24.5 Å². The highest BCUT2D eigenvalue weighted by Crippen LogP contribution is 2.21. The zero-order valence-corrected chi connectivity index (χ0v) is 17.5.